The van der Waals surface area contributed by atoms with Crippen LogP contribution in [-0.4, -0.2) is 21.3 Å². The molecule has 5 heteroatoms. The molecule has 2 aromatic carbocycles. The summed E-state index contributed by atoms with van der Waals surface area (Å²) in [5.41, 5.74) is 2.02. The second-order valence-corrected chi connectivity index (χ2v) is 6.74. The van der Waals surface area contributed by atoms with E-state index in [4.69, 9.17) is 4.74 Å². The summed E-state index contributed by atoms with van der Waals surface area (Å²) in [6, 6.07) is 14.6. The van der Waals surface area contributed by atoms with Crippen LogP contribution in [0.5, 0.6) is 5.75 Å². The number of nitrogens with one attached hydrogen (secondary N) is 1. The van der Waals surface area contributed by atoms with Gasteiger partial charge in [0.25, 0.3) is 0 Å². The van der Waals surface area contributed by atoms with E-state index in [2.05, 4.69) is 5.32 Å². The van der Waals surface area contributed by atoms with Crippen LogP contribution in [0, 0.1) is 0 Å². The number of anilines is 1. The summed E-state index contributed by atoms with van der Waals surface area (Å²) in [6.45, 7) is 3.28. The fourth-order valence-electron chi connectivity index (χ4n) is 1.89. The zero-order valence-corrected chi connectivity index (χ0v) is 13.0. The first-order chi connectivity index (χ1) is 9.99. The first-order valence-corrected chi connectivity index (χ1v) is 8.64. The molecule has 0 fully saturated rings. The number of sulfone groups is 1. The summed E-state index contributed by atoms with van der Waals surface area (Å²) < 4.78 is 28.1. The number of benzene rings is 2. The minimum absolute atomic E-state index is 0.328. The Morgan fingerprint density at radius 3 is 2.14 bits per heavy atom. The summed E-state index contributed by atoms with van der Waals surface area (Å²) in [4.78, 5) is 0.328. The van der Waals surface area contributed by atoms with E-state index in [1.807, 2.05) is 31.2 Å². The van der Waals surface area contributed by atoms with Crippen molar-refractivity contribution in [3.63, 3.8) is 0 Å². The minimum Gasteiger partial charge on any atom is -0.494 e. The van der Waals surface area contributed by atoms with Crippen LogP contribution < -0.4 is 10.1 Å². The van der Waals surface area contributed by atoms with Crippen LogP contribution in [0.3, 0.4) is 0 Å². The molecule has 0 radical (unpaired) electrons. The van der Waals surface area contributed by atoms with Gasteiger partial charge in [-0.2, -0.15) is 0 Å². The Bertz CT molecular complexity index is 676. The Morgan fingerprint density at radius 2 is 1.62 bits per heavy atom. The Labute approximate surface area is 125 Å². The van der Waals surface area contributed by atoms with Gasteiger partial charge in [0.2, 0.25) is 0 Å². The molecule has 0 bridgehead atoms. The summed E-state index contributed by atoms with van der Waals surface area (Å²) in [7, 11) is -3.14. The van der Waals surface area contributed by atoms with Gasteiger partial charge >= 0.3 is 0 Å². The van der Waals surface area contributed by atoms with E-state index in [0.29, 0.717) is 18.0 Å². The maximum Gasteiger partial charge on any atom is 0.175 e. The molecule has 0 heterocycles. The molecule has 0 aliphatic carbocycles. The Kier molecular flexibility index (Phi) is 4.85. The number of ether oxygens (including phenoxy) is 1. The van der Waals surface area contributed by atoms with Crippen molar-refractivity contribution in [1.82, 2.24) is 0 Å². The SMILES string of the molecule is CCOc1ccc(CNc2ccc(S(C)(=O)=O)cc2)cc1. The molecule has 0 aliphatic heterocycles. The van der Waals surface area contributed by atoms with Crippen LogP contribution in [-0.2, 0) is 16.4 Å². The third kappa shape index (κ3) is 4.49. The molecule has 0 saturated carbocycles. The zero-order valence-electron chi connectivity index (χ0n) is 12.2. The van der Waals surface area contributed by atoms with Gasteiger partial charge in [-0.15, -0.1) is 0 Å². The Hall–Kier alpha value is -2.01. The maximum absolute atomic E-state index is 11.4. The monoisotopic (exact) mass is 305 g/mol. The molecular weight excluding hydrogens is 286 g/mol. The molecular formula is C16H19NO3S. The second-order valence-electron chi connectivity index (χ2n) is 4.73. The Morgan fingerprint density at radius 1 is 1.00 bits per heavy atom. The highest BCUT2D eigenvalue weighted by atomic mass is 32.2. The first-order valence-electron chi connectivity index (χ1n) is 6.75. The van der Waals surface area contributed by atoms with Crippen molar-refractivity contribution in [1.29, 1.82) is 0 Å². The van der Waals surface area contributed by atoms with Crippen molar-refractivity contribution < 1.29 is 13.2 Å². The van der Waals surface area contributed by atoms with Crippen LogP contribution in [0.25, 0.3) is 0 Å². The molecule has 0 spiro atoms. The van der Waals surface area contributed by atoms with Crippen molar-refractivity contribution in [2.24, 2.45) is 0 Å². The largest absolute Gasteiger partial charge is 0.494 e. The molecule has 112 valence electrons. The average molecular weight is 305 g/mol. The van der Waals surface area contributed by atoms with Crippen molar-refractivity contribution >= 4 is 15.5 Å². The maximum atomic E-state index is 11.4. The van der Waals surface area contributed by atoms with Crippen LogP contribution in [0.15, 0.2) is 53.4 Å². The summed E-state index contributed by atoms with van der Waals surface area (Å²) in [6.07, 6.45) is 1.20. The quantitative estimate of drug-likeness (QED) is 0.891. The molecule has 2 rings (SSSR count). The summed E-state index contributed by atoms with van der Waals surface area (Å²) in [5, 5.41) is 3.26. The smallest absolute Gasteiger partial charge is 0.175 e. The molecule has 1 N–H and O–H groups in total. The third-order valence-electron chi connectivity index (χ3n) is 3.01. The van der Waals surface area contributed by atoms with Crippen molar-refractivity contribution in [2.45, 2.75) is 18.4 Å². The van der Waals surface area contributed by atoms with Crippen molar-refractivity contribution in [3.8, 4) is 5.75 Å². The van der Waals surface area contributed by atoms with Gasteiger partial charge in [0, 0.05) is 18.5 Å². The predicted molar refractivity (Wildman–Crippen MR) is 84.5 cm³/mol. The van der Waals surface area contributed by atoms with Gasteiger partial charge in [-0.3, -0.25) is 0 Å². The molecule has 0 saturated heterocycles. The van der Waals surface area contributed by atoms with Crippen LogP contribution >= 0.6 is 0 Å². The number of hydrogen-bond acceptors (Lipinski definition) is 4. The lowest BCUT2D eigenvalue weighted by molar-refractivity contribution is 0.340. The van der Waals surface area contributed by atoms with E-state index in [9.17, 15) is 8.42 Å². The first kappa shape index (κ1) is 15.4. The fraction of sp³-hybridized carbons (Fsp3) is 0.250. The lowest BCUT2D eigenvalue weighted by Crippen LogP contribution is -2.01. The molecule has 2 aromatic rings. The molecule has 0 aliphatic rings. The zero-order chi connectivity index (χ0) is 15.3. The molecule has 4 nitrogen and oxygen atoms in total. The van der Waals surface area contributed by atoms with Crippen molar-refractivity contribution in [3.05, 3.63) is 54.1 Å². The minimum atomic E-state index is -3.14. The van der Waals surface area contributed by atoms with Gasteiger partial charge in [0.05, 0.1) is 11.5 Å². The van der Waals surface area contributed by atoms with E-state index < -0.39 is 9.84 Å². The highest BCUT2D eigenvalue weighted by Crippen LogP contribution is 2.16. The van der Waals surface area contributed by atoms with Crippen molar-refractivity contribution in [2.75, 3.05) is 18.2 Å². The lowest BCUT2D eigenvalue weighted by Gasteiger charge is -2.08. The molecule has 0 amide bonds. The Balaban J connectivity index is 1.96. The lowest BCUT2D eigenvalue weighted by atomic mass is 10.2. The van der Waals surface area contributed by atoms with Gasteiger partial charge in [0.15, 0.2) is 9.84 Å². The topological polar surface area (TPSA) is 55.4 Å². The van der Waals surface area contributed by atoms with E-state index in [1.54, 1.807) is 24.3 Å². The average Bonchev–Trinajstić information content (AvgIpc) is 2.46. The van der Waals surface area contributed by atoms with Crippen LogP contribution in [0.2, 0.25) is 0 Å². The fourth-order valence-corrected chi connectivity index (χ4v) is 2.52. The van der Waals surface area contributed by atoms with Gasteiger partial charge in [-0.25, -0.2) is 8.42 Å². The number of hydrogen-bond donors (Lipinski definition) is 1. The second kappa shape index (κ2) is 6.63. The molecule has 0 atom stereocenters. The van der Waals surface area contributed by atoms with E-state index in [1.165, 1.54) is 6.26 Å². The van der Waals surface area contributed by atoms with E-state index in [0.717, 1.165) is 17.0 Å². The van der Waals surface area contributed by atoms with Gasteiger partial charge < -0.3 is 10.1 Å². The highest BCUT2D eigenvalue weighted by Gasteiger charge is 2.05. The van der Waals surface area contributed by atoms with Crippen LogP contribution in [0.1, 0.15) is 12.5 Å². The van der Waals surface area contributed by atoms with Gasteiger partial charge in [0.1, 0.15) is 5.75 Å². The molecule has 0 unspecified atom stereocenters. The van der Waals surface area contributed by atoms with Gasteiger partial charge in [-0.1, -0.05) is 12.1 Å². The summed E-state index contributed by atoms with van der Waals surface area (Å²) in [5.74, 6) is 0.860. The molecule has 0 aromatic heterocycles. The predicted octanol–water partition coefficient (Wildman–Crippen LogP) is 3.10. The van der Waals surface area contributed by atoms with Crippen LogP contribution in [0.4, 0.5) is 5.69 Å². The van der Waals surface area contributed by atoms with E-state index >= 15 is 0 Å². The highest BCUT2D eigenvalue weighted by molar-refractivity contribution is 7.90. The number of rotatable bonds is 6. The van der Waals surface area contributed by atoms with Gasteiger partial charge in [-0.05, 0) is 48.9 Å². The normalized spacial score (nSPS) is 11.1. The molecule has 21 heavy (non-hydrogen) atoms. The summed E-state index contributed by atoms with van der Waals surface area (Å²) >= 11 is 0. The van der Waals surface area contributed by atoms with E-state index in [-0.39, 0.29) is 0 Å². The third-order valence-corrected chi connectivity index (χ3v) is 4.14. The standard InChI is InChI=1S/C16H19NO3S/c1-3-20-15-8-4-13(5-9-15)12-17-14-6-10-16(11-7-14)21(2,18)19/h4-11,17H,3,12H2,1-2H3.